The van der Waals surface area contributed by atoms with Gasteiger partial charge in [0.05, 0.1) is 11.1 Å². The molecule has 0 atom stereocenters. The molecule has 0 aliphatic carbocycles. The van der Waals surface area contributed by atoms with Crippen LogP contribution in [-0.4, -0.2) is 50.3 Å². The average molecular weight is 439 g/mol. The van der Waals surface area contributed by atoms with Gasteiger partial charge in [-0.3, -0.25) is 23.7 Å². The van der Waals surface area contributed by atoms with Crippen molar-refractivity contribution in [2.24, 2.45) is 0 Å². The Hall–Kier alpha value is -4.33. The SMILES string of the molecule is O=C(NCCc1nnc2ccccn12)c1ccc2c(c1)C(=O)N(CCc1ccccc1)C2=O. The monoisotopic (exact) mass is 439 g/mol. The molecule has 8 heteroatoms. The van der Waals surface area contributed by atoms with E-state index in [0.717, 1.165) is 17.0 Å². The van der Waals surface area contributed by atoms with Crippen LogP contribution >= 0.6 is 0 Å². The van der Waals surface area contributed by atoms with Crippen LogP contribution in [0.4, 0.5) is 0 Å². The minimum atomic E-state index is -0.365. The van der Waals surface area contributed by atoms with Crippen molar-refractivity contribution >= 4 is 23.4 Å². The number of hydrogen-bond donors (Lipinski definition) is 1. The number of nitrogens with zero attached hydrogens (tertiary/aromatic N) is 4. The summed E-state index contributed by atoms with van der Waals surface area (Å²) < 4.78 is 1.87. The molecule has 164 valence electrons. The normalized spacial score (nSPS) is 12.9. The minimum absolute atomic E-state index is 0.268. The molecular weight excluding hydrogens is 418 g/mol. The summed E-state index contributed by atoms with van der Waals surface area (Å²) in [5.41, 5.74) is 2.74. The average Bonchev–Trinajstić information content (AvgIpc) is 3.37. The van der Waals surface area contributed by atoms with Crippen LogP contribution in [0.2, 0.25) is 0 Å². The van der Waals surface area contributed by atoms with Gasteiger partial charge in [0.25, 0.3) is 17.7 Å². The van der Waals surface area contributed by atoms with Crippen LogP contribution in [-0.2, 0) is 12.8 Å². The zero-order valence-electron chi connectivity index (χ0n) is 17.8. The number of carbonyl (C=O) groups is 3. The molecule has 4 aromatic rings. The Morgan fingerprint density at radius 3 is 2.48 bits per heavy atom. The first kappa shape index (κ1) is 20.6. The molecule has 0 spiro atoms. The van der Waals surface area contributed by atoms with Crippen molar-refractivity contribution in [1.82, 2.24) is 24.8 Å². The third-order valence-electron chi connectivity index (χ3n) is 5.72. The Balaban J connectivity index is 1.23. The number of carbonyl (C=O) groups excluding carboxylic acids is 3. The van der Waals surface area contributed by atoms with Crippen LogP contribution in [0.15, 0.2) is 72.9 Å². The highest BCUT2D eigenvalue weighted by atomic mass is 16.2. The molecule has 33 heavy (non-hydrogen) atoms. The molecule has 0 bridgehead atoms. The molecule has 1 aliphatic rings. The minimum Gasteiger partial charge on any atom is -0.352 e. The van der Waals surface area contributed by atoms with Crippen LogP contribution in [0.5, 0.6) is 0 Å². The van der Waals surface area contributed by atoms with Gasteiger partial charge in [-0.1, -0.05) is 36.4 Å². The Kier molecular flexibility index (Phi) is 5.40. The molecule has 3 amide bonds. The number of pyridine rings is 1. The number of rotatable bonds is 7. The number of aromatic nitrogens is 3. The fraction of sp³-hybridized carbons (Fsp3) is 0.160. The van der Waals surface area contributed by atoms with Crippen molar-refractivity contribution in [3.05, 3.63) is 101 Å². The molecule has 2 aromatic heterocycles. The maximum absolute atomic E-state index is 12.9. The van der Waals surface area contributed by atoms with E-state index >= 15 is 0 Å². The van der Waals surface area contributed by atoms with Gasteiger partial charge < -0.3 is 5.32 Å². The Morgan fingerprint density at radius 1 is 0.848 bits per heavy atom. The van der Waals surface area contributed by atoms with Gasteiger partial charge in [-0.15, -0.1) is 10.2 Å². The molecular formula is C25H21N5O3. The van der Waals surface area contributed by atoms with Crippen molar-refractivity contribution < 1.29 is 14.4 Å². The Bertz CT molecular complexity index is 1360. The lowest BCUT2D eigenvalue weighted by Gasteiger charge is -2.13. The summed E-state index contributed by atoms with van der Waals surface area (Å²) in [6, 6.07) is 20.0. The smallest absolute Gasteiger partial charge is 0.261 e. The largest absolute Gasteiger partial charge is 0.352 e. The quantitative estimate of drug-likeness (QED) is 0.447. The maximum atomic E-state index is 12.9. The predicted octanol–water partition coefficient (Wildman–Crippen LogP) is 2.54. The molecule has 0 unspecified atom stereocenters. The molecule has 0 saturated heterocycles. The molecule has 5 rings (SSSR count). The molecule has 3 heterocycles. The van der Waals surface area contributed by atoms with E-state index in [2.05, 4.69) is 15.5 Å². The lowest BCUT2D eigenvalue weighted by Crippen LogP contribution is -2.31. The summed E-state index contributed by atoms with van der Waals surface area (Å²) in [5, 5.41) is 11.1. The standard InChI is InChI=1S/C25H21N5O3/c31-23(26-13-11-22-28-27-21-8-4-5-14-29(21)22)18-9-10-19-20(16-18)25(33)30(24(19)32)15-12-17-6-2-1-3-7-17/h1-10,14,16H,11-13,15H2,(H,26,31). The van der Waals surface area contributed by atoms with Gasteiger partial charge in [0.1, 0.15) is 5.82 Å². The van der Waals surface area contributed by atoms with Crippen molar-refractivity contribution in [2.45, 2.75) is 12.8 Å². The third-order valence-corrected chi connectivity index (χ3v) is 5.72. The van der Waals surface area contributed by atoms with E-state index < -0.39 is 0 Å². The molecule has 0 fully saturated rings. The number of benzene rings is 2. The zero-order chi connectivity index (χ0) is 22.8. The summed E-state index contributed by atoms with van der Waals surface area (Å²) in [6.07, 6.45) is 2.96. The summed E-state index contributed by atoms with van der Waals surface area (Å²) in [7, 11) is 0. The van der Waals surface area contributed by atoms with Crippen LogP contribution in [0.3, 0.4) is 0 Å². The van der Waals surface area contributed by atoms with Gasteiger partial charge in [0.2, 0.25) is 0 Å². The molecule has 8 nitrogen and oxygen atoms in total. The van der Waals surface area contributed by atoms with Gasteiger partial charge >= 0.3 is 0 Å². The summed E-state index contributed by atoms with van der Waals surface area (Å²) in [4.78, 5) is 39.5. The van der Waals surface area contributed by atoms with Gasteiger partial charge in [-0.2, -0.15) is 0 Å². The summed E-state index contributed by atoms with van der Waals surface area (Å²) in [5.74, 6) is -0.253. The van der Waals surface area contributed by atoms with E-state index in [4.69, 9.17) is 0 Å². The number of amides is 3. The van der Waals surface area contributed by atoms with Crippen LogP contribution in [0.25, 0.3) is 5.65 Å². The first-order chi connectivity index (χ1) is 16.1. The summed E-state index contributed by atoms with van der Waals surface area (Å²) >= 11 is 0. The number of nitrogens with one attached hydrogen (secondary N) is 1. The molecule has 1 N–H and O–H groups in total. The second-order valence-electron chi connectivity index (χ2n) is 7.81. The molecule has 1 aliphatic heterocycles. The topological polar surface area (TPSA) is 96.7 Å². The number of fused-ring (bicyclic) bond motifs is 2. The van der Waals surface area contributed by atoms with Crippen LogP contribution in [0.1, 0.15) is 42.5 Å². The lowest BCUT2D eigenvalue weighted by molar-refractivity contribution is 0.0656. The van der Waals surface area contributed by atoms with E-state index in [1.54, 1.807) is 12.1 Å². The second kappa shape index (κ2) is 8.66. The van der Waals surface area contributed by atoms with Gasteiger partial charge in [-0.25, -0.2) is 0 Å². The highest BCUT2D eigenvalue weighted by Crippen LogP contribution is 2.24. The fourth-order valence-electron chi connectivity index (χ4n) is 3.97. The molecule has 0 saturated carbocycles. The second-order valence-corrected chi connectivity index (χ2v) is 7.81. The maximum Gasteiger partial charge on any atom is 0.261 e. The number of imide groups is 1. The predicted molar refractivity (Wildman–Crippen MR) is 121 cm³/mol. The van der Waals surface area contributed by atoms with Crippen molar-refractivity contribution in [3.63, 3.8) is 0 Å². The zero-order valence-corrected chi connectivity index (χ0v) is 17.8. The van der Waals surface area contributed by atoms with E-state index in [1.165, 1.54) is 11.0 Å². The highest BCUT2D eigenvalue weighted by Gasteiger charge is 2.35. The third kappa shape index (κ3) is 3.98. The van der Waals surface area contributed by atoms with Crippen LogP contribution < -0.4 is 5.32 Å². The lowest BCUT2D eigenvalue weighted by atomic mass is 10.1. The highest BCUT2D eigenvalue weighted by molar-refractivity contribution is 6.22. The fourth-order valence-corrected chi connectivity index (χ4v) is 3.97. The van der Waals surface area contributed by atoms with E-state index in [0.29, 0.717) is 37.1 Å². The first-order valence-corrected chi connectivity index (χ1v) is 10.7. The van der Waals surface area contributed by atoms with E-state index in [-0.39, 0.29) is 23.3 Å². The Labute approximate surface area is 189 Å². The van der Waals surface area contributed by atoms with Crippen molar-refractivity contribution in [2.75, 3.05) is 13.1 Å². The number of hydrogen-bond acceptors (Lipinski definition) is 5. The first-order valence-electron chi connectivity index (χ1n) is 10.7. The summed E-state index contributed by atoms with van der Waals surface area (Å²) in [6.45, 7) is 0.659. The van der Waals surface area contributed by atoms with Gasteiger partial charge in [-0.05, 0) is 42.3 Å². The molecule has 0 radical (unpaired) electrons. The van der Waals surface area contributed by atoms with E-state index in [1.807, 2.05) is 59.1 Å². The van der Waals surface area contributed by atoms with Crippen molar-refractivity contribution in [1.29, 1.82) is 0 Å². The van der Waals surface area contributed by atoms with Crippen LogP contribution in [0, 0.1) is 0 Å². The van der Waals surface area contributed by atoms with Gasteiger partial charge in [0, 0.05) is 31.3 Å². The Morgan fingerprint density at radius 2 is 1.64 bits per heavy atom. The van der Waals surface area contributed by atoms with E-state index in [9.17, 15) is 14.4 Å². The van der Waals surface area contributed by atoms with Crippen molar-refractivity contribution in [3.8, 4) is 0 Å². The van der Waals surface area contributed by atoms with Gasteiger partial charge in [0.15, 0.2) is 5.65 Å². The molecule has 2 aromatic carbocycles.